The van der Waals surface area contributed by atoms with E-state index in [0.717, 1.165) is 30.7 Å². The third-order valence-corrected chi connectivity index (χ3v) is 4.01. The van der Waals surface area contributed by atoms with Gasteiger partial charge in [-0.3, -0.25) is 4.79 Å². The van der Waals surface area contributed by atoms with Crippen molar-refractivity contribution in [2.45, 2.75) is 33.1 Å². The van der Waals surface area contributed by atoms with E-state index in [9.17, 15) is 4.79 Å². The standard InChI is InChI=1S/C17H20N2O3/c1-11-16(18-12(2)22-11)17(20)19-9-5-4-6-13-7-8-14(21-3)10-15(13)19/h7-8,10H,4-6,9H2,1-3H3. The van der Waals surface area contributed by atoms with Crippen LogP contribution in [-0.4, -0.2) is 24.5 Å². The van der Waals surface area contributed by atoms with Gasteiger partial charge in [0.1, 0.15) is 11.5 Å². The summed E-state index contributed by atoms with van der Waals surface area (Å²) in [5.74, 6) is 1.73. The molecule has 0 bridgehead atoms. The van der Waals surface area contributed by atoms with Crippen molar-refractivity contribution in [2.24, 2.45) is 0 Å². The minimum atomic E-state index is -0.106. The molecule has 0 fully saturated rings. The number of hydrogen-bond acceptors (Lipinski definition) is 4. The van der Waals surface area contributed by atoms with Gasteiger partial charge in [-0.05, 0) is 37.8 Å². The average Bonchev–Trinajstić information content (AvgIpc) is 2.73. The molecule has 0 atom stereocenters. The van der Waals surface area contributed by atoms with Crippen LogP contribution in [0.1, 0.15) is 40.5 Å². The molecule has 0 radical (unpaired) electrons. The molecule has 0 unspecified atom stereocenters. The first-order valence-corrected chi connectivity index (χ1v) is 7.53. The van der Waals surface area contributed by atoms with Gasteiger partial charge in [-0.1, -0.05) is 6.07 Å². The minimum Gasteiger partial charge on any atom is -0.497 e. The first-order valence-electron chi connectivity index (χ1n) is 7.53. The van der Waals surface area contributed by atoms with Gasteiger partial charge in [-0.15, -0.1) is 0 Å². The molecule has 1 aromatic heterocycles. The van der Waals surface area contributed by atoms with Gasteiger partial charge in [0.25, 0.3) is 5.91 Å². The van der Waals surface area contributed by atoms with Gasteiger partial charge < -0.3 is 14.1 Å². The van der Waals surface area contributed by atoms with Crippen molar-refractivity contribution in [3.05, 3.63) is 41.1 Å². The number of benzene rings is 1. The second-order valence-corrected chi connectivity index (χ2v) is 5.55. The van der Waals surface area contributed by atoms with Crippen molar-refractivity contribution < 1.29 is 13.9 Å². The number of nitrogens with zero attached hydrogens (tertiary/aromatic N) is 2. The molecule has 0 saturated heterocycles. The van der Waals surface area contributed by atoms with Crippen LogP contribution in [0, 0.1) is 13.8 Å². The molecule has 3 rings (SSSR count). The van der Waals surface area contributed by atoms with Gasteiger partial charge in [-0.25, -0.2) is 4.98 Å². The topological polar surface area (TPSA) is 55.6 Å². The van der Waals surface area contributed by atoms with Gasteiger partial charge in [0.15, 0.2) is 11.6 Å². The Morgan fingerprint density at radius 3 is 2.82 bits per heavy atom. The molecule has 5 heteroatoms. The van der Waals surface area contributed by atoms with Crippen LogP contribution in [0.4, 0.5) is 5.69 Å². The average molecular weight is 300 g/mol. The minimum absolute atomic E-state index is 0.106. The summed E-state index contributed by atoms with van der Waals surface area (Å²) in [4.78, 5) is 19.0. The fourth-order valence-corrected chi connectivity index (χ4v) is 2.91. The van der Waals surface area contributed by atoms with Gasteiger partial charge in [0.05, 0.1) is 12.8 Å². The van der Waals surface area contributed by atoms with Gasteiger partial charge in [-0.2, -0.15) is 0 Å². The number of ether oxygens (including phenoxy) is 1. The molecule has 0 spiro atoms. The van der Waals surface area contributed by atoms with E-state index in [4.69, 9.17) is 9.15 Å². The van der Waals surface area contributed by atoms with Crippen LogP contribution >= 0.6 is 0 Å². The lowest BCUT2D eigenvalue weighted by molar-refractivity contribution is 0.0981. The van der Waals surface area contributed by atoms with Crippen LogP contribution in [0.5, 0.6) is 5.75 Å². The van der Waals surface area contributed by atoms with E-state index in [1.807, 2.05) is 18.2 Å². The van der Waals surface area contributed by atoms with Crippen molar-refractivity contribution >= 4 is 11.6 Å². The fraction of sp³-hybridized carbons (Fsp3) is 0.412. The molecule has 22 heavy (non-hydrogen) atoms. The van der Waals surface area contributed by atoms with Crippen LogP contribution in [-0.2, 0) is 6.42 Å². The number of methoxy groups -OCH3 is 1. The smallest absolute Gasteiger partial charge is 0.280 e. The Bertz CT molecular complexity index is 706. The summed E-state index contributed by atoms with van der Waals surface area (Å²) >= 11 is 0. The fourth-order valence-electron chi connectivity index (χ4n) is 2.91. The predicted molar refractivity (Wildman–Crippen MR) is 83.6 cm³/mol. The number of aromatic nitrogens is 1. The zero-order chi connectivity index (χ0) is 15.7. The molecule has 1 aliphatic rings. The third kappa shape index (κ3) is 2.58. The SMILES string of the molecule is COc1ccc2c(c1)N(C(=O)c1nc(C)oc1C)CCCC2. The number of aryl methyl sites for hydroxylation is 3. The molecular formula is C17H20N2O3. The Kier molecular flexibility index (Phi) is 3.88. The van der Waals surface area contributed by atoms with Crippen molar-refractivity contribution in [3.8, 4) is 5.75 Å². The van der Waals surface area contributed by atoms with E-state index < -0.39 is 0 Å². The van der Waals surface area contributed by atoms with E-state index in [1.165, 1.54) is 5.56 Å². The zero-order valence-corrected chi connectivity index (χ0v) is 13.2. The summed E-state index contributed by atoms with van der Waals surface area (Å²) in [7, 11) is 1.63. The Morgan fingerprint density at radius 2 is 2.14 bits per heavy atom. The zero-order valence-electron chi connectivity index (χ0n) is 13.2. The van der Waals surface area contributed by atoms with Crippen LogP contribution in [0.2, 0.25) is 0 Å². The van der Waals surface area contributed by atoms with Crippen molar-refractivity contribution in [2.75, 3.05) is 18.6 Å². The van der Waals surface area contributed by atoms with Gasteiger partial charge >= 0.3 is 0 Å². The number of carbonyl (C=O) groups excluding carboxylic acids is 1. The highest BCUT2D eigenvalue weighted by atomic mass is 16.5. The highest BCUT2D eigenvalue weighted by molar-refractivity contribution is 6.06. The lowest BCUT2D eigenvalue weighted by Gasteiger charge is -2.22. The number of amides is 1. The summed E-state index contributed by atoms with van der Waals surface area (Å²) in [6, 6.07) is 5.92. The number of carbonyl (C=O) groups is 1. The van der Waals surface area contributed by atoms with Crippen molar-refractivity contribution in [1.29, 1.82) is 0 Å². The second-order valence-electron chi connectivity index (χ2n) is 5.55. The molecule has 1 amide bonds. The lowest BCUT2D eigenvalue weighted by atomic mass is 10.1. The van der Waals surface area contributed by atoms with Crippen molar-refractivity contribution in [1.82, 2.24) is 4.98 Å². The number of anilines is 1. The highest BCUT2D eigenvalue weighted by Crippen LogP contribution is 2.31. The molecule has 2 heterocycles. The Morgan fingerprint density at radius 1 is 1.32 bits per heavy atom. The number of hydrogen-bond donors (Lipinski definition) is 0. The number of oxazole rings is 1. The van der Waals surface area contributed by atoms with Crippen LogP contribution in [0.3, 0.4) is 0 Å². The molecule has 0 N–H and O–H groups in total. The summed E-state index contributed by atoms with van der Waals surface area (Å²) in [6.45, 7) is 4.21. The molecule has 1 aliphatic heterocycles. The van der Waals surface area contributed by atoms with Gasteiger partial charge in [0, 0.05) is 19.5 Å². The van der Waals surface area contributed by atoms with Crippen LogP contribution < -0.4 is 9.64 Å². The summed E-state index contributed by atoms with van der Waals surface area (Å²) < 4.78 is 10.7. The van der Waals surface area contributed by atoms with Crippen LogP contribution in [0.25, 0.3) is 0 Å². The van der Waals surface area contributed by atoms with E-state index in [2.05, 4.69) is 4.98 Å². The third-order valence-electron chi connectivity index (χ3n) is 4.01. The van der Waals surface area contributed by atoms with Crippen molar-refractivity contribution in [3.63, 3.8) is 0 Å². The molecular weight excluding hydrogens is 280 g/mol. The molecule has 5 nitrogen and oxygen atoms in total. The Hall–Kier alpha value is -2.30. The Balaban J connectivity index is 2.03. The van der Waals surface area contributed by atoms with E-state index >= 15 is 0 Å². The summed E-state index contributed by atoms with van der Waals surface area (Å²) in [6.07, 6.45) is 3.01. The number of fused-ring (bicyclic) bond motifs is 1. The summed E-state index contributed by atoms with van der Waals surface area (Å²) in [5, 5.41) is 0. The van der Waals surface area contributed by atoms with E-state index in [1.54, 1.807) is 25.9 Å². The summed E-state index contributed by atoms with van der Waals surface area (Å²) in [5.41, 5.74) is 2.49. The van der Waals surface area contributed by atoms with E-state index in [0.29, 0.717) is 23.9 Å². The highest BCUT2D eigenvalue weighted by Gasteiger charge is 2.26. The molecule has 2 aromatic rings. The molecule has 0 aliphatic carbocycles. The quantitative estimate of drug-likeness (QED) is 0.854. The molecule has 0 saturated carbocycles. The first kappa shape index (κ1) is 14.6. The van der Waals surface area contributed by atoms with Crippen LogP contribution in [0.15, 0.2) is 22.6 Å². The maximum Gasteiger partial charge on any atom is 0.280 e. The normalized spacial score (nSPS) is 14.4. The first-order chi connectivity index (χ1) is 10.6. The predicted octanol–water partition coefficient (Wildman–Crippen LogP) is 3.28. The maximum absolute atomic E-state index is 12.9. The molecule has 1 aromatic carbocycles. The van der Waals surface area contributed by atoms with Gasteiger partial charge in [0.2, 0.25) is 0 Å². The molecule has 116 valence electrons. The number of rotatable bonds is 2. The lowest BCUT2D eigenvalue weighted by Crippen LogP contribution is -2.32. The second kappa shape index (κ2) is 5.83. The maximum atomic E-state index is 12.9. The Labute approximate surface area is 129 Å². The monoisotopic (exact) mass is 300 g/mol. The largest absolute Gasteiger partial charge is 0.497 e. The van der Waals surface area contributed by atoms with E-state index in [-0.39, 0.29) is 5.91 Å².